The van der Waals surface area contributed by atoms with E-state index >= 15 is 0 Å². The second-order valence-electron chi connectivity index (χ2n) is 5.40. The van der Waals surface area contributed by atoms with E-state index in [1.54, 1.807) is 14.0 Å². The maximum Gasteiger partial charge on any atom is 0.263 e. The van der Waals surface area contributed by atoms with Crippen molar-refractivity contribution >= 4 is 17.2 Å². The van der Waals surface area contributed by atoms with E-state index in [1.807, 2.05) is 17.5 Å². The highest BCUT2D eigenvalue weighted by Crippen LogP contribution is 2.21. The van der Waals surface area contributed by atoms with Crippen LogP contribution in [-0.4, -0.2) is 34.1 Å². The van der Waals surface area contributed by atoms with Crippen LogP contribution in [0.2, 0.25) is 0 Å². The summed E-state index contributed by atoms with van der Waals surface area (Å²) in [4.78, 5) is 19.0. The Hall–Kier alpha value is -2.74. The fourth-order valence-electron chi connectivity index (χ4n) is 2.18. The van der Waals surface area contributed by atoms with Crippen LogP contribution in [0.1, 0.15) is 12.8 Å². The molecule has 0 aliphatic heterocycles. The van der Waals surface area contributed by atoms with Crippen LogP contribution in [0.25, 0.3) is 10.7 Å². The fraction of sp³-hybridized carbons (Fsp3) is 0.235. The van der Waals surface area contributed by atoms with Gasteiger partial charge in [0.05, 0.1) is 11.4 Å². The monoisotopic (exact) mass is 361 g/mol. The summed E-state index contributed by atoms with van der Waals surface area (Å²) in [6.45, 7) is 1.81. The number of hydrogen-bond donors (Lipinski definition) is 0. The minimum Gasteiger partial charge on any atom is -0.481 e. The smallest absolute Gasteiger partial charge is 0.263 e. The standard InChI is InChI=1S/C17H16FN3O3S/c1-11(23-13-7-5-12(18)6-8-13)17(22)21(2)10-15-19-16(20-24-15)14-4-3-9-25-14/h3-9,11H,10H2,1-2H3/t11-/m1/s1. The number of amides is 1. The number of likely N-dealkylation sites (N-methyl/N-ethyl adjacent to an activating group) is 1. The highest BCUT2D eigenvalue weighted by Gasteiger charge is 2.21. The Balaban J connectivity index is 1.59. The molecule has 1 atom stereocenters. The number of carbonyl (C=O) groups is 1. The van der Waals surface area contributed by atoms with Crippen molar-refractivity contribution in [3.63, 3.8) is 0 Å². The molecule has 1 aromatic carbocycles. The van der Waals surface area contributed by atoms with E-state index in [-0.39, 0.29) is 18.3 Å². The highest BCUT2D eigenvalue weighted by atomic mass is 32.1. The molecule has 0 bridgehead atoms. The van der Waals surface area contributed by atoms with Gasteiger partial charge < -0.3 is 14.2 Å². The maximum atomic E-state index is 12.9. The fourth-order valence-corrected chi connectivity index (χ4v) is 2.83. The van der Waals surface area contributed by atoms with Crippen LogP contribution in [0, 0.1) is 5.82 Å². The number of halogens is 1. The Kier molecular flexibility index (Phi) is 5.08. The summed E-state index contributed by atoms with van der Waals surface area (Å²) in [6, 6.07) is 9.31. The zero-order valence-corrected chi connectivity index (χ0v) is 14.5. The second-order valence-corrected chi connectivity index (χ2v) is 6.35. The van der Waals surface area contributed by atoms with E-state index in [0.29, 0.717) is 17.5 Å². The normalized spacial score (nSPS) is 12.0. The lowest BCUT2D eigenvalue weighted by Crippen LogP contribution is -2.37. The third kappa shape index (κ3) is 4.21. The van der Waals surface area contributed by atoms with Crippen molar-refractivity contribution in [3.8, 4) is 16.5 Å². The molecule has 0 spiro atoms. The number of carbonyl (C=O) groups excluding carboxylic acids is 1. The van der Waals surface area contributed by atoms with Gasteiger partial charge in [-0.3, -0.25) is 4.79 Å². The Morgan fingerprint density at radius 1 is 1.36 bits per heavy atom. The molecule has 0 unspecified atom stereocenters. The molecule has 130 valence electrons. The molecule has 1 amide bonds. The Bertz CT molecular complexity index is 833. The minimum atomic E-state index is -0.727. The first-order valence-electron chi connectivity index (χ1n) is 7.56. The lowest BCUT2D eigenvalue weighted by molar-refractivity contribution is -0.137. The topological polar surface area (TPSA) is 68.5 Å². The summed E-state index contributed by atoms with van der Waals surface area (Å²) in [5.74, 6) is 0.657. The van der Waals surface area contributed by atoms with Crippen LogP contribution in [0.15, 0.2) is 46.3 Å². The van der Waals surface area contributed by atoms with Crippen molar-refractivity contribution in [1.82, 2.24) is 15.0 Å². The zero-order valence-electron chi connectivity index (χ0n) is 13.7. The summed E-state index contributed by atoms with van der Waals surface area (Å²) in [6.07, 6.45) is -0.727. The van der Waals surface area contributed by atoms with E-state index in [0.717, 1.165) is 4.88 Å². The van der Waals surface area contributed by atoms with Crippen molar-refractivity contribution in [1.29, 1.82) is 0 Å². The van der Waals surface area contributed by atoms with Crippen LogP contribution in [0.4, 0.5) is 4.39 Å². The number of nitrogens with zero attached hydrogens (tertiary/aromatic N) is 3. The van der Waals surface area contributed by atoms with Crippen molar-refractivity contribution in [2.24, 2.45) is 0 Å². The zero-order chi connectivity index (χ0) is 17.8. The summed E-state index contributed by atoms with van der Waals surface area (Å²) in [5.41, 5.74) is 0. The van der Waals surface area contributed by atoms with Gasteiger partial charge in [-0.05, 0) is 42.6 Å². The Morgan fingerprint density at radius 3 is 2.80 bits per heavy atom. The molecule has 2 aromatic heterocycles. The molecule has 0 aliphatic carbocycles. The molecule has 3 aromatic rings. The highest BCUT2D eigenvalue weighted by molar-refractivity contribution is 7.13. The molecule has 2 heterocycles. The lowest BCUT2D eigenvalue weighted by atomic mass is 10.3. The third-order valence-corrected chi connectivity index (χ3v) is 4.30. The number of hydrogen-bond acceptors (Lipinski definition) is 6. The van der Waals surface area contributed by atoms with E-state index in [1.165, 1.54) is 40.5 Å². The summed E-state index contributed by atoms with van der Waals surface area (Å²) in [7, 11) is 1.63. The van der Waals surface area contributed by atoms with Crippen molar-refractivity contribution < 1.29 is 18.4 Å². The molecule has 0 aliphatic rings. The van der Waals surface area contributed by atoms with Crippen LogP contribution < -0.4 is 4.74 Å². The molecular weight excluding hydrogens is 345 g/mol. The van der Waals surface area contributed by atoms with Gasteiger partial charge in [0.15, 0.2) is 6.10 Å². The average Bonchev–Trinajstić information content (AvgIpc) is 3.27. The SMILES string of the molecule is C[C@@H](Oc1ccc(F)cc1)C(=O)N(C)Cc1nc(-c2cccs2)no1. The molecule has 25 heavy (non-hydrogen) atoms. The van der Waals surface area contributed by atoms with Gasteiger partial charge in [-0.1, -0.05) is 11.2 Å². The number of thiophene rings is 1. The third-order valence-electron chi connectivity index (χ3n) is 3.43. The van der Waals surface area contributed by atoms with Gasteiger partial charge in [0, 0.05) is 7.05 Å². The van der Waals surface area contributed by atoms with Crippen LogP contribution >= 0.6 is 11.3 Å². The van der Waals surface area contributed by atoms with Crippen molar-refractivity contribution in [3.05, 3.63) is 53.5 Å². The second kappa shape index (κ2) is 7.43. The molecule has 0 saturated heterocycles. The van der Waals surface area contributed by atoms with Gasteiger partial charge in [-0.25, -0.2) is 4.39 Å². The van der Waals surface area contributed by atoms with Crippen molar-refractivity contribution in [2.75, 3.05) is 7.05 Å². The number of aromatic nitrogens is 2. The average molecular weight is 361 g/mol. The van der Waals surface area contributed by atoms with Crippen LogP contribution in [0.3, 0.4) is 0 Å². The van der Waals surface area contributed by atoms with Crippen LogP contribution in [-0.2, 0) is 11.3 Å². The van der Waals surface area contributed by atoms with Gasteiger partial charge in [0.2, 0.25) is 11.7 Å². The van der Waals surface area contributed by atoms with Crippen LogP contribution in [0.5, 0.6) is 5.75 Å². The maximum absolute atomic E-state index is 12.9. The van der Waals surface area contributed by atoms with Gasteiger partial charge in [0.1, 0.15) is 11.6 Å². The molecule has 0 fully saturated rings. The van der Waals surface area contributed by atoms with E-state index in [2.05, 4.69) is 10.1 Å². The quantitative estimate of drug-likeness (QED) is 0.673. The molecule has 6 nitrogen and oxygen atoms in total. The van der Waals surface area contributed by atoms with Gasteiger partial charge >= 0.3 is 0 Å². The molecule has 0 saturated carbocycles. The van der Waals surface area contributed by atoms with Gasteiger partial charge in [-0.15, -0.1) is 11.3 Å². The van der Waals surface area contributed by atoms with Crippen molar-refractivity contribution in [2.45, 2.75) is 19.6 Å². The van der Waals surface area contributed by atoms with E-state index < -0.39 is 6.10 Å². The summed E-state index contributed by atoms with van der Waals surface area (Å²) < 4.78 is 23.6. The summed E-state index contributed by atoms with van der Waals surface area (Å²) >= 11 is 1.51. The minimum absolute atomic E-state index is 0.175. The number of benzene rings is 1. The molecule has 8 heteroatoms. The van der Waals surface area contributed by atoms with E-state index in [4.69, 9.17) is 9.26 Å². The molecular formula is C17H16FN3O3S. The Labute approximate surface area is 147 Å². The first-order valence-corrected chi connectivity index (χ1v) is 8.44. The van der Waals surface area contributed by atoms with E-state index in [9.17, 15) is 9.18 Å². The first-order chi connectivity index (χ1) is 12.0. The largest absolute Gasteiger partial charge is 0.481 e. The first kappa shape index (κ1) is 17.1. The predicted molar refractivity (Wildman–Crippen MR) is 90.6 cm³/mol. The number of rotatable bonds is 6. The number of ether oxygens (including phenoxy) is 1. The Morgan fingerprint density at radius 2 is 2.12 bits per heavy atom. The molecule has 0 radical (unpaired) electrons. The summed E-state index contributed by atoms with van der Waals surface area (Å²) in [5, 5.41) is 5.84. The predicted octanol–water partition coefficient (Wildman–Crippen LogP) is 3.36. The van der Waals surface area contributed by atoms with Gasteiger partial charge in [0.25, 0.3) is 5.91 Å². The molecule has 3 rings (SSSR count). The molecule has 0 N–H and O–H groups in total. The lowest BCUT2D eigenvalue weighted by Gasteiger charge is -2.20. The van der Waals surface area contributed by atoms with Gasteiger partial charge in [-0.2, -0.15) is 4.98 Å².